The molecule has 1 aromatic rings. The molecular weight excluding hydrogens is 259 g/mol. The van der Waals surface area contributed by atoms with Gasteiger partial charge >= 0.3 is 0 Å². The Bertz CT molecular complexity index is 379. The lowest BCUT2D eigenvalue weighted by molar-refractivity contribution is 0.511. The van der Waals surface area contributed by atoms with E-state index in [1.807, 2.05) is 0 Å². The lowest BCUT2D eigenvalue weighted by atomic mass is 10.0. The molecule has 2 rings (SSSR count). The summed E-state index contributed by atoms with van der Waals surface area (Å²) in [4.78, 5) is 0. The maximum atomic E-state index is 2.46. The maximum Gasteiger partial charge on any atom is -0.0169 e. The van der Waals surface area contributed by atoms with Crippen LogP contribution in [-0.4, -0.2) is 11.8 Å². The van der Waals surface area contributed by atoms with Crippen LogP contribution in [0, 0.1) is 0 Å². The summed E-state index contributed by atoms with van der Waals surface area (Å²) in [5, 5.41) is 1.75. The molecule has 0 saturated heterocycles. The first-order valence-electron chi connectivity index (χ1n) is 8.71. The number of rotatable bonds is 7. The van der Waals surface area contributed by atoms with Crippen LogP contribution in [0.15, 0.2) is 24.3 Å². The molecule has 0 amide bonds. The molecule has 1 aromatic carbocycles. The highest BCUT2D eigenvalue weighted by Crippen LogP contribution is 2.48. The Morgan fingerprint density at radius 3 is 2.45 bits per heavy atom. The molecule has 0 N–H and O–H groups in total. The van der Waals surface area contributed by atoms with E-state index < -0.39 is 0 Å². The molecule has 0 nitrogen and oxygen atoms in total. The summed E-state index contributed by atoms with van der Waals surface area (Å²) in [6, 6.07) is 9.38. The minimum absolute atomic E-state index is 0.0886. The van der Waals surface area contributed by atoms with Crippen molar-refractivity contribution in [1.82, 2.24) is 0 Å². The number of hydrogen-bond acceptors (Lipinski definition) is 0. The Hall–Kier alpha value is -0.350. The summed E-state index contributed by atoms with van der Waals surface area (Å²) in [7, 11) is 0.0886. The van der Waals surface area contributed by atoms with Crippen molar-refractivity contribution in [1.29, 1.82) is 0 Å². The molecule has 1 fully saturated rings. The Morgan fingerprint density at radius 1 is 1.00 bits per heavy atom. The summed E-state index contributed by atoms with van der Waals surface area (Å²) in [5.41, 5.74) is 2.68. The van der Waals surface area contributed by atoms with Gasteiger partial charge in [0.1, 0.15) is 0 Å². The first-order chi connectivity index (χ1) is 9.86. The predicted molar refractivity (Wildman–Crippen MR) is 93.6 cm³/mol. The quantitative estimate of drug-likeness (QED) is 0.550. The van der Waals surface area contributed by atoms with Crippen molar-refractivity contribution in [2.24, 2.45) is 0 Å². The minimum atomic E-state index is 0.0886. The van der Waals surface area contributed by atoms with E-state index in [4.69, 9.17) is 0 Å². The van der Waals surface area contributed by atoms with Crippen LogP contribution >= 0.6 is 7.92 Å². The molecule has 20 heavy (non-hydrogen) atoms. The second-order valence-corrected chi connectivity index (χ2v) is 8.82. The Kier molecular flexibility index (Phi) is 7.08. The summed E-state index contributed by atoms with van der Waals surface area (Å²) >= 11 is 0. The first kappa shape index (κ1) is 16.0. The van der Waals surface area contributed by atoms with Crippen LogP contribution in [0.5, 0.6) is 0 Å². The molecule has 0 aliphatic heterocycles. The fraction of sp³-hybridized carbons (Fsp3) is 0.684. The molecule has 1 unspecified atom stereocenters. The highest BCUT2D eigenvalue weighted by atomic mass is 31.1. The van der Waals surface area contributed by atoms with Crippen molar-refractivity contribution < 1.29 is 0 Å². The van der Waals surface area contributed by atoms with Crippen LogP contribution in [0.1, 0.15) is 70.8 Å². The van der Waals surface area contributed by atoms with Gasteiger partial charge in [0.15, 0.2) is 0 Å². The van der Waals surface area contributed by atoms with Crippen molar-refractivity contribution in [3.8, 4) is 0 Å². The lowest BCUT2D eigenvalue weighted by Gasteiger charge is -2.32. The fourth-order valence-corrected chi connectivity index (χ4v) is 6.81. The smallest absolute Gasteiger partial charge is 0.0169 e. The standard InChI is InChI=1S/C19H31P/c1-3-5-11-17-12-9-10-15-19(17)20(16-4-2)18-13-7-6-8-14-18/h9-10,12,15,18H,3-8,11,13-14,16H2,1-2H3. The molecule has 0 aromatic heterocycles. The Labute approximate surface area is 127 Å². The molecule has 1 atom stereocenters. The highest BCUT2D eigenvalue weighted by Gasteiger charge is 2.25. The number of benzene rings is 1. The third-order valence-corrected chi connectivity index (χ3v) is 7.96. The monoisotopic (exact) mass is 290 g/mol. The summed E-state index contributed by atoms with van der Waals surface area (Å²) < 4.78 is 0. The molecule has 0 heterocycles. The predicted octanol–water partition coefficient (Wildman–Crippen LogP) is 5.88. The molecule has 0 radical (unpaired) electrons. The Morgan fingerprint density at radius 2 is 1.75 bits per heavy atom. The third kappa shape index (κ3) is 4.32. The summed E-state index contributed by atoms with van der Waals surface area (Å²) in [6.07, 6.45) is 14.2. The van der Waals surface area contributed by atoms with Crippen LogP contribution in [0.4, 0.5) is 0 Å². The molecule has 0 spiro atoms. The van der Waals surface area contributed by atoms with Gasteiger partial charge in [-0.05, 0) is 48.4 Å². The highest BCUT2D eigenvalue weighted by molar-refractivity contribution is 7.66. The second kappa shape index (κ2) is 8.83. The normalized spacial score (nSPS) is 18.1. The van der Waals surface area contributed by atoms with Gasteiger partial charge in [-0.2, -0.15) is 0 Å². The molecule has 1 aliphatic rings. The van der Waals surface area contributed by atoms with Crippen LogP contribution in [0.2, 0.25) is 0 Å². The van der Waals surface area contributed by atoms with Gasteiger partial charge in [-0.25, -0.2) is 0 Å². The van der Waals surface area contributed by atoms with Crippen LogP contribution < -0.4 is 5.30 Å². The van der Waals surface area contributed by atoms with E-state index in [0.29, 0.717) is 0 Å². The van der Waals surface area contributed by atoms with Gasteiger partial charge < -0.3 is 0 Å². The van der Waals surface area contributed by atoms with Crippen molar-refractivity contribution in [2.75, 3.05) is 6.16 Å². The van der Waals surface area contributed by atoms with Gasteiger partial charge in [0, 0.05) is 0 Å². The maximum absolute atomic E-state index is 2.46. The van der Waals surface area contributed by atoms with Gasteiger partial charge in [0.25, 0.3) is 0 Å². The third-order valence-electron chi connectivity index (χ3n) is 4.58. The SMILES string of the molecule is CCCCc1ccccc1P(CCC)C1CCCCC1. The van der Waals surface area contributed by atoms with Crippen LogP contribution in [0.25, 0.3) is 0 Å². The van der Waals surface area contributed by atoms with E-state index in [2.05, 4.69) is 38.1 Å². The fourth-order valence-electron chi connectivity index (χ4n) is 3.50. The zero-order valence-corrected chi connectivity index (χ0v) is 14.3. The zero-order valence-electron chi connectivity index (χ0n) is 13.4. The molecular formula is C19H31P. The molecule has 1 aliphatic carbocycles. The topological polar surface area (TPSA) is 0 Å². The van der Waals surface area contributed by atoms with Gasteiger partial charge in [-0.3, -0.25) is 0 Å². The molecule has 112 valence electrons. The lowest BCUT2D eigenvalue weighted by Crippen LogP contribution is -2.21. The molecule has 1 heteroatoms. The number of hydrogen-bond donors (Lipinski definition) is 0. The van der Waals surface area contributed by atoms with Gasteiger partial charge in [-0.1, -0.05) is 78.1 Å². The number of unbranched alkanes of at least 4 members (excludes halogenated alkanes) is 1. The van der Waals surface area contributed by atoms with E-state index in [1.54, 1.807) is 10.9 Å². The Balaban J connectivity index is 2.18. The molecule has 1 saturated carbocycles. The van der Waals surface area contributed by atoms with Crippen molar-refractivity contribution in [2.45, 2.75) is 77.3 Å². The van der Waals surface area contributed by atoms with Crippen molar-refractivity contribution in [3.63, 3.8) is 0 Å². The van der Waals surface area contributed by atoms with E-state index in [9.17, 15) is 0 Å². The van der Waals surface area contributed by atoms with Gasteiger partial charge in [0.2, 0.25) is 0 Å². The summed E-state index contributed by atoms with van der Waals surface area (Å²) in [6.45, 7) is 4.67. The van der Waals surface area contributed by atoms with Crippen molar-refractivity contribution in [3.05, 3.63) is 29.8 Å². The van der Waals surface area contributed by atoms with E-state index in [1.165, 1.54) is 63.9 Å². The van der Waals surface area contributed by atoms with Crippen LogP contribution in [-0.2, 0) is 6.42 Å². The van der Waals surface area contributed by atoms with Gasteiger partial charge in [0.05, 0.1) is 0 Å². The number of aryl methyl sites for hydroxylation is 1. The molecule has 0 bridgehead atoms. The van der Waals surface area contributed by atoms with E-state index >= 15 is 0 Å². The van der Waals surface area contributed by atoms with E-state index in [0.717, 1.165) is 5.66 Å². The largest absolute Gasteiger partial charge is 0.0718 e. The zero-order chi connectivity index (χ0) is 14.2. The first-order valence-corrected chi connectivity index (χ1v) is 10.3. The van der Waals surface area contributed by atoms with Crippen LogP contribution in [0.3, 0.4) is 0 Å². The van der Waals surface area contributed by atoms with Crippen molar-refractivity contribution >= 4 is 13.2 Å². The minimum Gasteiger partial charge on any atom is -0.0718 e. The van der Waals surface area contributed by atoms with E-state index in [-0.39, 0.29) is 7.92 Å². The van der Waals surface area contributed by atoms with Gasteiger partial charge in [-0.15, -0.1) is 0 Å². The second-order valence-electron chi connectivity index (χ2n) is 6.22. The average Bonchev–Trinajstić information content (AvgIpc) is 2.52. The average molecular weight is 290 g/mol. The summed E-state index contributed by atoms with van der Waals surface area (Å²) in [5.74, 6) is 0.